The first-order valence-electron chi connectivity index (χ1n) is 11.3. The molecular formula is C29H29BrClNO2. The van der Waals surface area contributed by atoms with Crippen molar-refractivity contribution < 1.29 is 9.84 Å². The molecule has 176 valence electrons. The summed E-state index contributed by atoms with van der Waals surface area (Å²) in [7, 11) is 4.06. The molecule has 5 heteroatoms. The summed E-state index contributed by atoms with van der Waals surface area (Å²) in [6, 6.07) is 30.1. The Morgan fingerprint density at radius 2 is 1.59 bits per heavy atom. The second-order valence-corrected chi connectivity index (χ2v) is 9.67. The number of benzene rings is 4. The number of aliphatic hydroxyl groups is 1. The van der Waals surface area contributed by atoms with Crippen LogP contribution in [0.25, 0.3) is 10.8 Å². The van der Waals surface area contributed by atoms with E-state index in [1.165, 1.54) is 0 Å². The number of fused-ring (bicyclic) bond motifs is 1. The highest BCUT2D eigenvalue weighted by Crippen LogP contribution is 2.49. The van der Waals surface area contributed by atoms with Crippen molar-refractivity contribution in [3.63, 3.8) is 0 Å². The van der Waals surface area contributed by atoms with E-state index in [1.54, 1.807) is 0 Å². The second-order valence-electron chi connectivity index (χ2n) is 8.78. The molecule has 2 unspecified atom stereocenters. The Bertz CT molecular complexity index is 1230. The van der Waals surface area contributed by atoms with Gasteiger partial charge in [-0.2, -0.15) is 0 Å². The minimum atomic E-state index is -1.20. The van der Waals surface area contributed by atoms with Crippen molar-refractivity contribution in [1.29, 1.82) is 0 Å². The zero-order valence-electron chi connectivity index (χ0n) is 19.4. The predicted molar refractivity (Wildman–Crippen MR) is 145 cm³/mol. The number of ether oxygens (including phenoxy) is 1. The highest BCUT2D eigenvalue weighted by molar-refractivity contribution is 9.09. The van der Waals surface area contributed by atoms with Crippen LogP contribution in [0.2, 0.25) is 5.02 Å². The third kappa shape index (κ3) is 5.16. The van der Waals surface area contributed by atoms with Gasteiger partial charge in [-0.05, 0) is 76.5 Å². The first kappa shape index (κ1) is 24.7. The molecule has 0 aliphatic heterocycles. The lowest BCUT2D eigenvalue weighted by Crippen LogP contribution is -2.37. The van der Waals surface area contributed by atoms with Crippen LogP contribution < -0.4 is 4.74 Å². The van der Waals surface area contributed by atoms with Crippen LogP contribution in [0.15, 0.2) is 91.0 Å². The fourth-order valence-electron chi connectivity index (χ4n) is 4.67. The van der Waals surface area contributed by atoms with E-state index in [4.69, 9.17) is 16.3 Å². The van der Waals surface area contributed by atoms with Crippen LogP contribution in [0.4, 0.5) is 0 Å². The van der Waals surface area contributed by atoms with Gasteiger partial charge in [0.05, 0.1) is 0 Å². The number of nitrogens with zero attached hydrogens (tertiary/aromatic N) is 1. The van der Waals surface area contributed by atoms with Gasteiger partial charge in [0.1, 0.15) is 16.9 Å². The molecule has 0 aliphatic carbocycles. The Balaban J connectivity index is 2.06. The van der Waals surface area contributed by atoms with Gasteiger partial charge >= 0.3 is 0 Å². The van der Waals surface area contributed by atoms with E-state index in [0.717, 1.165) is 39.8 Å². The number of hydrogen-bond acceptors (Lipinski definition) is 3. The molecule has 0 aliphatic rings. The fraction of sp³-hybridized carbons (Fsp3) is 0.241. The molecule has 0 saturated carbocycles. The van der Waals surface area contributed by atoms with Gasteiger partial charge < -0.3 is 14.7 Å². The van der Waals surface area contributed by atoms with Crippen molar-refractivity contribution >= 4 is 38.3 Å². The van der Waals surface area contributed by atoms with E-state index in [-0.39, 0.29) is 0 Å². The SMILES string of the molecule is CN(C)CCC(O)(c1ccccc1)C(c1ccc(Cl)cc1)c1c(OCBr)ccc2ccccc12. The third-order valence-corrected chi connectivity index (χ3v) is 6.81. The van der Waals surface area contributed by atoms with Gasteiger partial charge in [0.25, 0.3) is 0 Å². The van der Waals surface area contributed by atoms with Crippen LogP contribution in [0, 0.1) is 0 Å². The van der Waals surface area contributed by atoms with Gasteiger partial charge in [-0.25, -0.2) is 0 Å². The molecule has 0 heterocycles. The van der Waals surface area contributed by atoms with Gasteiger partial charge in [0.2, 0.25) is 0 Å². The number of hydrogen-bond donors (Lipinski definition) is 1. The van der Waals surface area contributed by atoms with Crippen LogP contribution in [0.5, 0.6) is 5.75 Å². The lowest BCUT2D eigenvalue weighted by atomic mass is 9.70. The fourth-order valence-corrected chi connectivity index (χ4v) is 5.04. The predicted octanol–water partition coefficient (Wildman–Crippen LogP) is 7.20. The molecule has 3 nitrogen and oxygen atoms in total. The number of halogens is 2. The molecular weight excluding hydrogens is 510 g/mol. The maximum absolute atomic E-state index is 12.7. The van der Waals surface area contributed by atoms with Gasteiger partial charge in [-0.15, -0.1) is 0 Å². The van der Waals surface area contributed by atoms with Crippen LogP contribution in [-0.4, -0.2) is 36.2 Å². The molecule has 4 rings (SSSR count). The van der Waals surface area contributed by atoms with E-state index >= 15 is 0 Å². The van der Waals surface area contributed by atoms with Crippen molar-refractivity contribution in [2.75, 3.05) is 26.2 Å². The van der Waals surface area contributed by atoms with Crippen molar-refractivity contribution in [2.45, 2.75) is 17.9 Å². The molecule has 0 aromatic heterocycles. The van der Waals surface area contributed by atoms with Crippen LogP contribution in [0.3, 0.4) is 0 Å². The van der Waals surface area contributed by atoms with Gasteiger partial charge in [0.15, 0.2) is 0 Å². The summed E-state index contributed by atoms with van der Waals surface area (Å²) < 4.78 is 6.10. The maximum Gasteiger partial charge on any atom is 0.143 e. The van der Waals surface area contributed by atoms with Crippen molar-refractivity contribution in [1.82, 2.24) is 4.90 Å². The molecule has 4 aromatic rings. The molecule has 0 saturated heterocycles. The molecule has 0 spiro atoms. The van der Waals surface area contributed by atoms with Gasteiger partial charge in [-0.3, -0.25) is 0 Å². The molecule has 0 radical (unpaired) electrons. The highest BCUT2D eigenvalue weighted by atomic mass is 79.9. The standard InChI is InChI=1S/C29H29BrClNO2/c1-32(2)19-18-29(33,23-9-4-3-5-10-23)28(22-12-15-24(31)16-13-22)27-25-11-7-6-8-21(25)14-17-26(27)34-20-30/h3-17,28,33H,18-20H2,1-2H3. The Hall–Kier alpha value is -2.37. The van der Waals surface area contributed by atoms with Crippen LogP contribution in [-0.2, 0) is 5.60 Å². The van der Waals surface area contributed by atoms with Crippen molar-refractivity contribution in [3.8, 4) is 5.75 Å². The molecule has 4 aromatic carbocycles. The van der Waals surface area contributed by atoms with E-state index in [0.29, 0.717) is 17.0 Å². The molecule has 0 amide bonds. The molecule has 34 heavy (non-hydrogen) atoms. The third-order valence-electron chi connectivity index (χ3n) is 6.32. The first-order chi connectivity index (χ1) is 16.4. The molecule has 0 bridgehead atoms. The zero-order valence-corrected chi connectivity index (χ0v) is 21.8. The van der Waals surface area contributed by atoms with E-state index < -0.39 is 11.5 Å². The maximum atomic E-state index is 12.7. The van der Waals surface area contributed by atoms with Gasteiger partial charge in [0, 0.05) is 23.0 Å². The lowest BCUT2D eigenvalue weighted by molar-refractivity contribution is 0.00427. The topological polar surface area (TPSA) is 32.7 Å². The summed E-state index contributed by atoms with van der Waals surface area (Å²) in [5.41, 5.74) is 1.96. The van der Waals surface area contributed by atoms with E-state index in [1.807, 2.05) is 86.9 Å². The number of alkyl halides is 1. The van der Waals surface area contributed by atoms with Crippen LogP contribution >= 0.6 is 27.5 Å². The van der Waals surface area contributed by atoms with Gasteiger partial charge in [-0.1, -0.05) is 84.4 Å². The minimum absolute atomic E-state index is 0.354. The molecule has 1 N–H and O–H groups in total. The summed E-state index contributed by atoms with van der Waals surface area (Å²) in [5, 5.41) is 15.5. The summed E-state index contributed by atoms with van der Waals surface area (Å²) in [4.78, 5) is 2.10. The highest BCUT2D eigenvalue weighted by Gasteiger charge is 2.42. The largest absolute Gasteiger partial charge is 0.482 e. The minimum Gasteiger partial charge on any atom is -0.482 e. The number of rotatable bonds is 9. The smallest absolute Gasteiger partial charge is 0.143 e. The quantitative estimate of drug-likeness (QED) is 0.229. The molecule has 2 atom stereocenters. The zero-order chi connectivity index (χ0) is 24.1. The van der Waals surface area contributed by atoms with Crippen molar-refractivity contribution in [2.24, 2.45) is 0 Å². The second kappa shape index (κ2) is 10.9. The Labute approximate surface area is 215 Å². The monoisotopic (exact) mass is 537 g/mol. The van der Waals surface area contributed by atoms with Crippen molar-refractivity contribution in [3.05, 3.63) is 113 Å². The first-order valence-corrected chi connectivity index (χ1v) is 12.8. The molecule has 0 fully saturated rings. The Morgan fingerprint density at radius 3 is 2.26 bits per heavy atom. The Morgan fingerprint density at radius 1 is 0.912 bits per heavy atom. The normalized spacial score (nSPS) is 14.2. The lowest BCUT2D eigenvalue weighted by Gasteiger charge is -2.39. The average molecular weight is 539 g/mol. The summed E-state index contributed by atoms with van der Waals surface area (Å²) in [6.45, 7) is 0.717. The summed E-state index contributed by atoms with van der Waals surface area (Å²) in [5.74, 6) is 0.349. The Kier molecular flexibility index (Phi) is 7.95. The summed E-state index contributed by atoms with van der Waals surface area (Å²) >= 11 is 9.71. The van der Waals surface area contributed by atoms with Crippen LogP contribution in [0.1, 0.15) is 29.0 Å². The average Bonchev–Trinajstić information content (AvgIpc) is 2.86. The summed E-state index contributed by atoms with van der Waals surface area (Å²) in [6.07, 6.45) is 0.536. The van der Waals surface area contributed by atoms with E-state index in [9.17, 15) is 5.11 Å². The van der Waals surface area contributed by atoms with E-state index in [2.05, 4.69) is 39.0 Å².